The first kappa shape index (κ1) is 13.1. The normalized spacial score (nSPS) is 20.4. The number of halogens is 1. The van der Waals surface area contributed by atoms with Crippen molar-refractivity contribution in [2.24, 2.45) is 0 Å². The zero-order valence-electron chi connectivity index (χ0n) is 10.2. The molecule has 1 aromatic carbocycles. The summed E-state index contributed by atoms with van der Waals surface area (Å²) in [6.45, 7) is 2.83. The van der Waals surface area contributed by atoms with Gasteiger partial charge in [-0.15, -0.1) is 0 Å². The van der Waals surface area contributed by atoms with Gasteiger partial charge in [-0.1, -0.05) is 47.0 Å². The van der Waals surface area contributed by atoms with Gasteiger partial charge in [-0.25, -0.2) is 0 Å². The highest BCUT2D eigenvalue weighted by atomic mass is 79.9. The van der Waals surface area contributed by atoms with Crippen LogP contribution in [0, 0.1) is 0 Å². The number of hydrogen-bond acceptors (Lipinski definition) is 2. The van der Waals surface area contributed by atoms with Crippen molar-refractivity contribution in [3.05, 3.63) is 34.3 Å². The molecule has 94 valence electrons. The van der Waals surface area contributed by atoms with Gasteiger partial charge in [0, 0.05) is 17.1 Å². The zero-order chi connectivity index (χ0) is 12.3. The lowest BCUT2D eigenvalue weighted by atomic mass is 10.0. The molecule has 0 aliphatic heterocycles. The second-order valence-corrected chi connectivity index (χ2v) is 5.91. The molecular weight excluding hydrogens is 278 g/mol. The van der Waals surface area contributed by atoms with Gasteiger partial charge in [-0.3, -0.25) is 0 Å². The van der Waals surface area contributed by atoms with Gasteiger partial charge in [0.2, 0.25) is 0 Å². The molecule has 2 N–H and O–H groups in total. The Labute approximate surface area is 112 Å². The molecule has 17 heavy (non-hydrogen) atoms. The molecule has 3 heteroatoms. The summed E-state index contributed by atoms with van der Waals surface area (Å²) in [5.41, 5.74) is 0.768. The fraction of sp³-hybridized carbons (Fsp3) is 0.571. The lowest BCUT2D eigenvalue weighted by Crippen LogP contribution is -2.39. The molecule has 0 saturated heterocycles. The Bertz CT molecular complexity index is 374. The van der Waals surface area contributed by atoms with Crippen LogP contribution in [0.4, 0.5) is 0 Å². The summed E-state index contributed by atoms with van der Waals surface area (Å²) in [6, 6.07) is 8.49. The number of aliphatic hydroxyl groups is 1. The van der Waals surface area contributed by atoms with Crippen LogP contribution in [0.5, 0.6) is 0 Å². The Morgan fingerprint density at radius 2 is 2.00 bits per heavy atom. The summed E-state index contributed by atoms with van der Waals surface area (Å²) in [5.74, 6) is 0. The molecule has 0 radical (unpaired) electrons. The van der Waals surface area contributed by atoms with Gasteiger partial charge in [-0.2, -0.15) is 0 Å². The molecule has 0 unspecified atom stereocenters. The Balaban J connectivity index is 1.93. The summed E-state index contributed by atoms with van der Waals surface area (Å²) in [4.78, 5) is 0. The molecule has 0 heterocycles. The van der Waals surface area contributed by atoms with E-state index in [2.05, 4.69) is 40.3 Å². The summed E-state index contributed by atoms with van der Waals surface area (Å²) < 4.78 is 1.12. The van der Waals surface area contributed by atoms with Gasteiger partial charge in [0.1, 0.15) is 0 Å². The van der Waals surface area contributed by atoms with Gasteiger partial charge in [0.15, 0.2) is 0 Å². The van der Waals surface area contributed by atoms with E-state index in [0.717, 1.165) is 30.2 Å². The van der Waals surface area contributed by atoms with Gasteiger partial charge in [-0.05, 0) is 31.4 Å². The predicted molar refractivity (Wildman–Crippen MR) is 74.0 cm³/mol. The zero-order valence-corrected chi connectivity index (χ0v) is 11.8. The van der Waals surface area contributed by atoms with Crippen LogP contribution in [0.1, 0.15) is 44.2 Å². The second-order valence-electron chi connectivity index (χ2n) is 5.06. The van der Waals surface area contributed by atoms with Crippen molar-refractivity contribution >= 4 is 15.9 Å². The highest BCUT2D eigenvalue weighted by Gasteiger charge is 2.31. The van der Waals surface area contributed by atoms with Crippen LogP contribution in [0.15, 0.2) is 28.7 Å². The minimum absolute atomic E-state index is 0.259. The third-order valence-corrected chi connectivity index (χ3v) is 4.37. The van der Waals surface area contributed by atoms with E-state index < -0.39 is 5.60 Å². The first-order valence-corrected chi connectivity index (χ1v) is 7.10. The van der Waals surface area contributed by atoms with Crippen LogP contribution in [0.3, 0.4) is 0 Å². The van der Waals surface area contributed by atoms with Gasteiger partial charge < -0.3 is 10.4 Å². The monoisotopic (exact) mass is 297 g/mol. The van der Waals surface area contributed by atoms with E-state index in [1.165, 1.54) is 5.56 Å². The molecular formula is C14H20BrNO. The lowest BCUT2D eigenvalue weighted by molar-refractivity contribution is 0.0453. The summed E-state index contributed by atoms with van der Waals surface area (Å²) in [6.07, 6.45) is 4.18. The van der Waals surface area contributed by atoms with Crippen LogP contribution in [-0.4, -0.2) is 17.3 Å². The molecule has 0 amide bonds. The first-order valence-electron chi connectivity index (χ1n) is 6.31. The maximum Gasteiger partial charge on any atom is 0.0771 e. The van der Waals surface area contributed by atoms with Crippen molar-refractivity contribution in [1.29, 1.82) is 0 Å². The van der Waals surface area contributed by atoms with Crippen molar-refractivity contribution in [3.8, 4) is 0 Å². The Morgan fingerprint density at radius 3 is 2.65 bits per heavy atom. The molecule has 0 aromatic heterocycles. The molecule has 1 fully saturated rings. The Morgan fingerprint density at radius 1 is 1.35 bits per heavy atom. The smallest absolute Gasteiger partial charge is 0.0771 e. The molecule has 1 aliphatic rings. The summed E-state index contributed by atoms with van der Waals surface area (Å²) in [5, 5.41) is 13.7. The first-order chi connectivity index (χ1) is 8.11. The summed E-state index contributed by atoms with van der Waals surface area (Å²) in [7, 11) is 0. The third kappa shape index (κ3) is 3.30. The number of benzene rings is 1. The molecule has 2 nitrogen and oxygen atoms in total. The topological polar surface area (TPSA) is 32.3 Å². The standard InChI is InChI=1S/C14H20BrNO/c1-11(12-6-2-3-7-13(12)15)16-10-14(17)8-4-5-9-14/h2-3,6-7,11,16-17H,4-5,8-10H2,1H3/t11-/m0/s1. The average Bonchev–Trinajstić information content (AvgIpc) is 2.74. The van der Waals surface area contributed by atoms with E-state index >= 15 is 0 Å². The highest BCUT2D eigenvalue weighted by molar-refractivity contribution is 9.10. The van der Waals surface area contributed by atoms with E-state index in [0.29, 0.717) is 6.54 Å². The van der Waals surface area contributed by atoms with Crippen LogP contribution in [0.25, 0.3) is 0 Å². The van der Waals surface area contributed by atoms with E-state index in [1.54, 1.807) is 0 Å². The van der Waals surface area contributed by atoms with Gasteiger partial charge in [0.25, 0.3) is 0 Å². The molecule has 1 atom stereocenters. The van der Waals surface area contributed by atoms with Gasteiger partial charge in [0.05, 0.1) is 5.60 Å². The lowest BCUT2D eigenvalue weighted by Gasteiger charge is -2.25. The van der Waals surface area contributed by atoms with Crippen molar-refractivity contribution in [2.45, 2.75) is 44.2 Å². The maximum atomic E-state index is 10.3. The van der Waals surface area contributed by atoms with Crippen molar-refractivity contribution < 1.29 is 5.11 Å². The fourth-order valence-electron chi connectivity index (χ4n) is 2.49. The minimum atomic E-state index is -0.477. The van der Waals surface area contributed by atoms with Crippen molar-refractivity contribution in [3.63, 3.8) is 0 Å². The Kier molecular flexibility index (Phi) is 4.23. The number of rotatable bonds is 4. The van der Waals surface area contributed by atoms with Gasteiger partial charge >= 0.3 is 0 Å². The van der Waals surface area contributed by atoms with Crippen LogP contribution in [0.2, 0.25) is 0 Å². The maximum absolute atomic E-state index is 10.3. The Hall–Kier alpha value is -0.380. The minimum Gasteiger partial charge on any atom is -0.389 e. The van der Waals surface area contributed by atoms with E-state index in [1.807, 2.05) is 12.1 Å². The van der Waals surface area contributed by atoms with E-state index in [9.17, 15) is 5.11 Å². The predicted octanol–water partition coefficient (Wildman–Crippen LogP) is 3.40. The highest BCUT2D eigenvalue weighted by Crippen LogP contribution is 2.30. The largest absolute Gasteiger partial charge is 0.389 e. The quantitative estimate of drug-likeness (QED) is 0.893. The van der Waals surface area contributed by atoms with E-state index in [4.69, 9.17) is 0 Å². The van der Waals surface area contributed by atoms with Crippen molar-refractivity contribution in [2.75, 3.05) is 6.54 Å². The molecule has 0 spiro atoms. The molecule has 1 aliphatic carbocycles. The van der Waals surface area contributed by atoms with Crippen LogP contribution in [-0.2, 0) is 0 Å². The number of hydrogen-bond donors (Lipinski definition) is 2. The molecule has 0 bridgehead atoms. The molecule has 2 rings (SSSR count). The second kappa shape index (κ2) is 5.51. The van der Waals surface area contributed by atoms with Crippen LogP contribution < -0.4 is 5.32 Å². The van der Waals surface area contributed by atoms with Crippen molar-refractivity contribution in [1.82, 2.24) is 5.32 Å². The van der Waals surface area contributed by atoms with Crippen LogP contribution >= 0.6 is 15.9 Å². The fourth-order valence-corrected chi connectivity index (χ4v) is 3.12. The SMILES string of the molecule is C[C@H](NCC1(O)CCCC1)c1ccccc1Br. The third-order valence-electron chi connectivity index (χ3n) is 3.64. The molecule has 1 aromatic rings. The van der Waals surface area contributed by atoms with E-state index in [-0.39, 0.29) is 6.04 Å². The average molecular weight is 298 g/mol. The summed E-state index contributed by atoms with van der Waals surface area (Å²) >= 11 is 3.56. The molecule has 1 saturated carbocycles. The number of nitrogens with one attached hydrogen (secondary N) is 1.